The molecule has 1 aromatic heterocycles. The fourth-order valence-electron chi connectivity index (χ4n) is 1.69. The van der Waals surface area contributed by atoms with E-state index in [0.717, 1.165) is 16.3 Å². The highest BCUT2D eigenvalue weighted by Gasteiger charge is 2.06. The Morgan fingerprint density at radius 1 is 1.28 bits per heavy atom. The molecule has 0 aliphatic heterocycles. The van der Waals surface area contributed by atoms with Crippen molar-refractivity contribution in [1.82, 2.24) is 4.98 Å². The van der Waals surface area contributed by atoms with Gasteiger partial charge in [0, 0.05) is 11.4 Å². The molecule has 2 rings (SSSR count). The normalized spacial score (nSPS) is 10.7. The van der Waals surface area contributed by atoms with Gasteiger partial charge >= 0.3 is 0 Å². The second-order valence-corrected chi connectivity index (χ2v) is 5.91. The first-order chi connectivity index (χ1) is 8.56. The van der Waals surface area contributed by atoms with Gasteiger partial charge in [-0.2, -0.15) is 0 Å². The fourth-order valence-corrected chi connectivity index (χ4v) is 3.30. The number of rotatable bonds is 3. The average molecular weight is 326 g/mol. The third kappa shape index (κ3) is 3.33. The maximum Gasteiger partial charge on any atom is 0.137 e. The van der Waals surface area contributed by atoms with Gasteiger partial charge < -0.3 is 0 Å². The Morgan fingerprint density at radius 3 is 2.78 bits per heavy atom. The van der Waals surface area contributed by atoms with Gasteiger partial charge in [-0.05, 0) is 59.1 Å². The summed E-state index contributed by atoms with van der Waals surface area (Å²) in [7, 11) is 0. The van der Waals surface area contributed by atoms with Crippen LogP contribution in [0, 0.1) is 19.7 Å². The SMILES string of the molecule is Cc1cc(C)nc(SCc2cccc(F)c2Br)c1. The molecule has 0 aliphatic carbocycles. The molecule has 1 aromatic carbocycles. The molecule has 0 N–H and O–H groups in total. The van der Waals surface area contributed by atoms with Gasteiger partial charge in [0.2, 0.25) is 0 Å². The Balaban J connectivity index is 2.14. The molecular formula is C14H13BrFNS. The summed E-state index contributed by atoms with van der Waals surface area (Å²) in [5.74, 6) is 0.482. The molecule has 0 spiro atoms. The summed E-state index contributed by atoms with van der Waals surface area (Å²) in [4.78, 5) is 4.46. The largest absolute Gasteiger partial charge is 0.247 e. The Bertz CT molecular complexity index is 551. The number of benzene rings is 1. The Labute approximate surface area is 119 Å². The average Bonchev–Trinajstić information content (AvgIpc) is 2.30. The van der Waals surface area contributed by atoms with Crippen LogP contribution in [-0.2, 0) is 5.75 Å². The van der Waals surface area contributed by atoms with Crippen molar-refractivity contribution in [3.63, 3.8) is 0 Å². The van der Waals surface area contributed by atoms with Crippen molar-refractivity contribution in [3.05, 3.63) is 57.4 Å². The smallest absolute Gasteiger partial charge is 0.137 e. The van der Waals surface area contributed by atoms with E-state index in [4.69, 9.17) is 0 Å². The van der Waals surface area contributed by atoms with Gasteiger partial charge in [0.1, 0.15) is 5.82 Å². The van der Waals surface area contributed by atoms with E-state index >= 15 is 0 Å². The second kappa shape index (κ2) is 5.85. The number of hydrogen-bond acceptors (Lipinski definition) is 2. The molecule has 94 valence electrons. The molecule has 0 saturated heterocycles. The van der Waals surface area contributed by atoms with Crippen molar-refractivity contribution in [2.45, 2.75) is 24.6 Å². The fraction of sp³-hybridized carbons (Fsp3) is 0.214. The molecule has 0 radical (unpaired) electrons. The molecule has 0 saturated carbocycles. The van der Waals surface area contributed by atoms with Crippen molar-refractivity contribution >= 4 is 27.7 Å². The highest BCUT2D eigenvalue weighted by atomic mass is 79.9. The molecule has 0 bridgehead atoms. The molecule has 0 atom stereocenters. The summed E-state index contributed by atoms with van der Waals surface area (Å²) in [6, 6.07) is 9.19. The predicted octanol–water partition coefficient (Wildman–Crippen LogP) is 4.89. The summed E-state index contributed by atoms with van der Waals surface area (Å²) in [6.45, 7) is 4.03. The molecule has 0 aliphatic rings. The van der Waals surface area contributed by atoms with Crippen LogP contribution in [0.4, 0.5) is 4.39 Å². The topological polar surface area (TPSA) is 12.9 Å². The van der Waals surface area contributed by atoms with Gasteiger partial charge in [-0.25, -0.2) is 9.37 Å². The van der Waals surface area contributed by atoms with E-state index in [0.29, 0.717) is 10.2 Å². The van der Waals surface area contributed by atoms with Gasteiger partial charge in [-0.1, -0.05) is 12.1 Å². The van der Waals surface area contributed by atoms with Crippen LogP contribution < -0.4 is 0 Å². The quantitative estimate of drug-likeness (QED) is 0.745. The molecule has 0 amide bonds. The van der Waals surface area contributed by atoms with Gasteiger partial charge in [0.25, 0.3) is 0 Å². The van der Waals surface area contributed by atoms with Crippen molar-refractivity contribution in [1.29, 1.82) is 0 Å². The number of pyridine rings is 1. The molecule has 4 heteroatoms. The van der Waals surface area contributed by atoms with Crippen molar-refractivity contribution < 1.29 is 4.39 Å². The van der Waals surface area contributed by atoms with Gasteiger partial charge in [0.15, 0.2) is 0 Å². The van der Waals surface area contributed by atoms with Crippen LogP contribution in [0.15, 0.2) is 39.8 Å². The third-order valence-electron chi connectivity index (χ3n) is 2.48. The van der Waals surface area contributed by atoms with E-state index in [1.165, 1.54) is 11.6 Å². The Hall–Kier alpha value is -0.870. The Kier molecular flexibility index (Phi) is 4.40. The van der Waals surface area contributed by atoms with Crippen molar-refractivity contribution in [2.75, 3.05) is 0 Å². The summed E-state index contributed by atoms with van der Waals surface area (Å²) >= 11 is 4.89. The second-order valence-electron chi connectivity index (χ2n) is 4.13. The lowest BCUT2D eigenvalue weighted by molar-refractivity contribution is 0.619. The standard InChI is InChI=1S/C14H13BrFNS/c1-9-6-10(2)17-13(7-9)18-8-11-4-3-5-12(16)14(11)15/h3-7H,8H2,1-2H3. The minimum Gasteiger partial charge on any atom is -0.247 e. The van der Waals surface area contributed by atoms with Crippen LogP contribution in [0.25, 0.3) is 0 Å². The number of thioether (sulfide) groups is 1. The molecule has 18 heavy (non-hydrogen) atoms. The van der Waals surface area contributed by atoms with Crippen molar-refractivity contribution in [3.8, 4) is 0 Å². The number of nitrogens with zero attached hydrogens (tertiary/aromatic N) is 1. The molecule has 1 nitrogen and oxygen atoms in total. The zero-order valence-electron chi connectivity index (χ0n) is 10.2. The predicted molar refractivity (Wildman–Crippen MR) is 77.4 cm³/mol. The third-order valence-corrected chi connectivity index (χ3v) is 4.33. The first-order valence-electron chi connectivity index (χ1n) is 5.57. The summed E-state index contributed by atoms with van der Waals surface area (Å²) in [5, 5.41) is 0.976. The summed E-state index contributed by atoms with van der Waals surface area (Å²) in [5.41, 5.74) is 3.15. The lowest BCUT2D eigenvalue weighted by Crippen LogP contribution is -1.90. The monoisotopic (exact) mass is 325 g/mol. The van der Waals surface area contributed by atoms with Crippen LogP contribution in [0.2, 0.25) is 0 Å². The van der Waals surface area contributed by atoms with E-state index in [1.807, 2.05) is 25.1 Å². The summed E-state index contributed by atoms with van der Waals surface area (Å²) < 4.78 is 13.9. The van der Waals surface area contributed by atoms with E-state index in [2.05, 4.69) is 27.8 Å². The zero-order valence-corrected chi connectivity index (χ0v) is 12.6. The number of aryl methyl sites for hydroxylation is 2. The summed E-state index contributed by atoms with van der Waals surface area (Å²) in [6.07, 6.45) is 0. The van der Waals surface area contributed by atoms with E-state index in [1.54, 1.807) is 17.8 Å². The molecule has 0 unspecified atom stereocenters. The molecular weight excluding hydrogens is 313 g/mol. The number of halogens is 2. The minimum atomic E-state index is -0.221. The molecule has 0 fully saturated rings. The lowest BCUT2D eigenvalue weighted by atomic mass is 10.2. The lowest BCUT2D eigenvalue weighted by Gasteiger charge is -2.06. The van der Waals surface area contributed by atoms with Gasteiger partial charge in [-0.15, -0.1) is 11.8 Å². The minimum absolute atomic E-state index is 0.221. The number of aromatic nitrogens is 1. The van der Waals surface area contributed by atoms with E-state index < -0.39 is 0 Å². The highest BCUT2D eigenvalue weighted by molar-refractivity contribution is 9.10. The van der Waals surface area contributed by atoms with Crippen LogP contribution in [0.1, 0.15) is 16.8 Å². The maximum absolute atomic E-state index is 13.4. The highest BCUT2D eigenvalue weighted by Crippen LogP contribution is 2.28. The van der Waals surface area contributed by atoms with E-state index in [9.17, 15) is 4.39 Å². The van der Waals surface area contributed by atoms with Crippen LogP contribution in [-0.4, -0.2) is 4.98 Å². The van der Waals surface area contributed by atoms with Gasteiger partial charge in [-0.3, -0.25) is 0 Å². The zero-order chi connectivity index (χ0) is 13.1. The first kappa shape index (κ1) is 13.6. The van der Waals surface area contributed by atoms with Crippen LogP contribution in [0.5, 0.6) is 0 Å². The van der Waals surface area contributed by atoms with Crippen molar-refractivity contribution in [2.24, 2.45) is 0 Å². The first-order valence-corrected chi connectivity index (χ1v) is 7.35. The number of hydrogen-bond donors (Lipinski definition) is 0. The Morgan fingerprint density at radius 2 is 2.06 bits per heavy atom. The van der Waals surface area contributed by atoms with E-state index in [-0.39, 0.29) is 5.82 Å². The molecule has 2 aromatic rings. The maximum atomic E-state index is 13.4. The van der Waals surface area contributed by atoms with Gasteiger partial charge in [0.05, 0.1) is 9.50 Å². The van der Waals surface area contributed by atoms with Crippen LogP contribution in [0.3, 0.4) is 0 Å². The molecule has 1 heterocycles. The van der Waals surface area contributed by atoms with Crippen LogP contribution >= 0.6 is 27.7 Å².